The molecule has 4 heteroatoms. The molecule has 0 aliphatic heterocycles. The maximum atomic E-state index is 10.7. The van der Waals surface area contributed by atoms with Gasteiger partial charge in [0.25, 0.3) is 0 Å². The summed E-state index contributed by atoms with van der Waals surface area (Å²) < 4.78 is 0. The molecule has 2 N–H and O–H groups in total. The highest BCUT2D eigenvalue weighted by Gasteiger charge is 2.36. The Hall–Kier alpha value is -0.610. The van der Waals surface area contributed by atoms with E-state index in [9.17, 15) is 9.90 Å². The highest BCUT2D eigenvalue weighted by Crippen LogP contribution is 2.32. The molecule has 0 atom stereocenters. The first-order valence-electron chi connectivity index (χ1n) is 6.42. The smallest absolute Gasteiger partial charge is 0.304 e. The normalized spacial score (nSPS) is 19.8. The van der Waals surface area contributed by atoms with E-state index in [1.165, 1.54) is 0 Å². The number of carboxylic acids is 1. The molecular formula is C13H25NO3. The molecule has 1 aliphatic rings. The first-order chi connectivity index (χ1) is 7.73. The fourth-order valence-corrected chi connectivity index (χ4v) is 2.43. The molecule has 1 saturated carbocycles. The Morgan fingerprint density at radius 3 is 2.24 bits per heavy atom. The van der Waals surface area contributed by atoms with Crippen LogP contribution in [0.1, 0.15) is 52.9 Å². The van der Waals surface area contributed by atoms with Gasteiger partial charge in [0.2, 0.25) is 0 Å². The number of rotatable bonds is 5. The lowest BCUT2D eigenvalue weighted by Crippen LogP contribution is -2.50. The molecule has 0 aromatic rings. The SMILES string of the molecule is CC(C)(C)N(CCC(=O)O)CC1(O)CCCC1. The zero-order chi connectivity index (χ0) is 13.1. The van der Waals surface area contributed by atoms with Crippen LogP contribution < -0.4 is 0 Å². The van der Waals surface area contributed by atoms with E-state index in [0.717, 1.165) is 25.7 Å². The molecule has 0 saturated heterocycles. The first-order valence-corrected chi connectivity index (χ1v) is 6.42. The Balaban J connectivity index is 2.60. The Bertz CT molecular complexity index is 264. The van der Waals surface area contributed by atoms with E-state index in [1.807, 2.05) is 0 Å². The molecule has 1 rings (SSSR count). The average molecular weight is 243 g/mol. The number of β-amino-alcohol motifs (C(OH)–C–C–N with tert-alkyl or cyclic N) is 1. The summed E-state index contributed by atoms with van der Waals surface area (Å²) in [6.45, 7) is 7.28. The zero-order valence-corrected chi connectivity index (χ0v) is 11.2. The number of nitrogens with zero attached hydrogens (tertiary/aromatic N) is 1. The van der Waals surface area contributed by atoms with Gasteiger partial charge in [0.05, 0.1) is 12.0 Å². The quantitative estimate of drug-likeness (QED) is 0.774. The van der Waals surface area contributed by atoms with E-state index in [0.29, 0.717) is 13.1 Å². The van der Waals surface area contributed by atoms with Crippen LogP contribution in [0.2, 0.25) is 0 Å². The Kier molecular flexibility index (Phi) is 4.55. The average Bonchev–Trinajstić information content (AvgIpc) is 2.58. The van der Waals surface area contributed by atoms with Gasteiger partial charge < -0.3 is 10.2 Å². The molecule has 100 valence electrons. The lowest BCUT2D eigenvalue weighted by Gasteiger charge is -2.40. The minimum atomic E-state index is -0.780. The van der Waals surface area contributed by atoms with E-state index < -0.39 is 11.6 Å². The number of hydrogen-bond acceptors (Lipinski definition) is 3. The van der Waals surface area contributed by atoms with Crippen molar-refractivity contribution in [1.82, 2.24) is 4.90 Å². The predicted molar refractivity (Wildman–Crippen MR) is 67.0 cm³/mol. The van der Waals surface area contributed by atoms with Crippen molar-refractivity contribution in [3.8, 4) is 0 Å². The molecule has 0 bridgehead atoms. The summed E-state index contributed by atoms with van der Waals surface area (Å²) in [5.74, 6) is -0.780. The largest absolute Gasteiger partial charge is 0.481 e. The topological polar surface area (TPSA) is 60.8 Å². The fourth-order valence-electron chi connectivity index (χ4n) is 2.43. The molecule has 0 amide bonds. The minimum absolute atomic E-state index is 0.103. The standard InChI is InChI=1S/C13H25NO3/c1-12(2,3)14(9-6-11(15)16)10-13(17)7-4-5-8-13/h17H,4-10H2,1-3H3,(H,15,16). The van der Waals surface area contributed by atoms with Crippen molar-refractivity contribution in [1.29, 1.82) is 0 Å². The number of carbonyl (C=O) groups is 1. The summed E-state index contributed by atoms with van der Waals surface area (Å²) in [5, 5.41) is 19.2. The van der Waals surface area contributed by atoms with Gasteiger partial charge in [-0.15, -0.1) is 0 Å². The fraction of sp³-hybridized carbons (Fsp3) is 0.923. The van der Waals surface area contributed by atoms with E-state index in [-0.39, 0.29) is 12.0 Å². The molecular weight excluding hydrogens is 218 g/mol. The van der Waals surface area contributed by atoms with Crippen molar-refractivity contribution in [2.75, 3.05) is 13.1 Å². The zero-order valence-electron chi connectivity index (χ0n) is 11.2. The molecule has 0 heterocycles. The molecule has 1 aliphatic carbocycles. The molecule has 4 nitrogen and oxygen atoms in total. The van der Waals surface area contributed by atoms with E-state index in [1.54, 1.807) is 0 Å². The molecule has 1 fully saturated rings. The lowest BCUT2D eigenvalue weighted by atomic mass is 9.97. The van der Waals surface area contributed by atoms with Gasteiger partial charge in [0.1, 0.15) is 0 Å². The van der Waals surface area contributed by atoms with Gasteiger partial charge in [-0.05, 0) is 33.6 Å². The number of aliphatic hydroxyl groups is 1. The second kappa shape index (κ2) is 5.36. The Morgan fingerprint density at radius 1 is 1.29 bits per heavy atom. The van der Waals surface area contributed by atoms with Gasteiger partial charge in [-0.2, -0.15) is 0 Å². The summed E-state index contributed by atoms with van der Waals surface area (Å²) in [6.07, 6.45) is 3.97. The van der Waals surface area contributed by atoms with Crippen LogP contribution in [-0.2, 0) is 4.79 Å². The Labute approximate surface area is 104 Å². The van der Waals surface area contributed by atoms with Crippen LogP contribution >= 0.6 is 0 Å². The molecule has 0 unspecified atom stereocenters. The summed E-state index contributed by atoms with van der Waals surface area (Å²) >= 11 is 0. The van der Waals surface area contributed by atoms with Gasteiger partial charge in [-0.1, -0.05) is 12.8 Å². The molecule has 0 spiro atoms. The third kappa shape index (κ3) is 4.64. The van der Waals surface area contributed by atoms with Crippen LogP contribution in [0.4, 0.5) is 0 Å². The highest BCUT2D eigenvalue weighted by atomic mass is 16.4. The van der Waals surface area contributed by atoms with Gasteiger partial charge >= 0.3 is 5.97 Å². The molecule has 17 heavy (non-hydrogen) atoms. The van der Waals surface area contributed by atoms with E-state index in [2.05, 4.69) is 25.7 Å². The van der Waals surface area contributed by atoms with E-state index in [4.69, 9.17) is 5.11 Å². The van der Waals surface area contributed by atoms with Crippen LogP contribution in [0.15, 0.2) is 0 Å². The number of carboxylic acid groups (broad SMARTS) is 1. The second-order valence-electron chi connectivity index (χ2n) is 6.17. The van der Waals surface area contributed by atoms with E-state index >= 15 is 0 Å². The van der Waals surface area contributed by atoms with Gasteiger partial charge in [0.15, 0.2) is 0 Å². The van der Waals surface area contributed by atoms with Crippen LogP contribution in [0.5, 0.6) is 0 Å². The lowest BCUT2D eigenvalue weighted by molar-refractivity contribution is -0.138. The maximum Gasteiger partial charge on any atom is 0.304 e. The van der Waals surface area contributed by atoms with Gasteiger partial charge in [-0.25, -0.2) is 0 Å². The first kappa shape index (κ1) is 14.5. The van der Waals surface area contributed by atoms with Crippen molar-refractivity contribution in [2.24, 2.45) is 0 Å². The number of aliphatic carboxylic acids is 1. The third-order valence-corrected chi connectivity index (χ3v) is 3.56. The summed E-state index contributed by atoms with van der Waals surface area (Å²) in [6, 6.07) is 0. The minimum Gasteiger partial charge on any atom is -0.481 e. The van der Waals surface area contributed by atoms with Crippen molar-refractivity contribution >= 4 is 5.97 Å². The molecule has 0 aromatic carbocycles. The van der Waals surface area contributed by atoms with Gasteiger partial charge in [0, 0.05) is 18.6 Å². The highest BCUT2D eigenvalue weighted by molar-refractivity contribution is 5.66. The Morgan fingerprint density at radius 2 is 1.82 bits per heavy atom. The number of hydrogen-bond donors (Lipinski definition) is 2. The second-order valence-corrected chi connectivity index (χ2v) is 6.17. The predicted octanol–water partition coefficient (Wildman–Crippen LogP) is 1.87. The van der Waals surface area contributed by atoms with Crippen molar-refractivity contribution in [2.45, 2.75) is 64.0 Å². The maximum absolute atomic E-state index is 10.7. The summed E-state index contributed by atoms with van der Waals surface area (Å²) in [4.78, 5) is 12.7. The molecule has 0 radical (unpaired) electrons. The van der Waals surface area contributed by atoms with Crippen molar-refractivity contribution in [3.63, 3.8) is 0 Å². The van der Waals surface area contributed by atoms with Crippen LogP contribution in [0.3, 0.4) is 0 Å². The van der Waals surface area contributed by atoms with Crippen molar-refractivity contribution in [3.05, 3.63) is 0 Å². The van der Waals surface area contributed by atoms with Crippen LogP contribution in [-0.4, -0.2) is 45.3 Å². The van der Waals surface area contributed by atoms with Gasteiger partial charge in [-0.3, -0.25) is 9.69 Å². The monoisotopic (exact) mass is 243 g/mol. The summed E-state index contributed by atoms with van der Waals surface area (Å²) in [5.41, 5.74) is -0.709. The van der Waals surface area contributed by atoms with Crippen molar-refractivity contribution < 1.29 is 15.0 Å². The van der Waals surface area contributed by atoms with Crippen LogP contribution in [0, 0.1) is 0 Å². The van der Waals surface area contributed by atoms with Crippen LogP contribution in [0.25, 0.3) is 0 Å². The summed E-state index contributed by atoms with van der Waals surface area (Å²) in [7, 11) is 0. The molecule has 0 aromatic heterocycles. The third-order valence-electron chi connectivity index (χ3n) is 3.56.